The average molecular weight is 283 g/mol. The first kappa shape index (κ1) is 14.2. The molecular weight excluding hydrogens is 271 g/mol. The van der Waals surface area contributed by atoms with Gasteiger partial charge in [0.05, 0.1) is 0 Å². The molecule has 0 spiro atoms. The first-order valence-corrected chi connectivity index (χ1v) is 5.80. The second kappa shape index (κ2) is 5.40. The fraction of sp³-hybridized carbons (Fsp3) is 0.214. The van der Waals surface area contributed by atoms with Gasteiger partial charge < -0.3 is 9.47 Å². The Labute approximate surface area is 114 Å². The highest BCUT2D eigenvalue weighted by atomic mass is 19.4. The van der Waals surface area contributed by atoms with Crippen molar-refractivity contribution >= 4 is 0 Å². The molecule has 106 valence electrons. The van der Waals surface area contributed by atoms with Crippen LogP contribution in [0.3, 0.4) is 0 Å². The van der Waals surface area contributed by atoms with Gasteiger partial charge in [-0.1, -0.05) is 6.07 Å². The molecule has 2 rings (SSSR count). The Kier molecular flexibility index (Phi) is 3.83. The lowest BCUT2D eigenvalue weighted by Crippen LogP contribution is -2.17. The Morgan fingerprint density at radius 1 is 1.05 bits per heavy atom. The number of rotatable bonds is 3. The van der Waals surface area contributed by atoms with E-state index in [2.05, 4.69) is 9.72 Å². The summed E-state index contributed by atoms with van der Waals surface area (Å²) >= 11 is 0. The van der Waals surface area contributed by atoms with E-state index in [0.717, 1.165) is 5.56 Å². The van der Waals surface area contributed by atoms with Crippen LogP contribution in [0, 0.1) is 13.8 Å². The van der Waals surface area contributed by atoms with Crippen molar-refractivity contribution < 1.29 is 22.6 Å². The number of pyridine rings is 1. The fourth-order valence-corrected chi connectivity index (χ4v) is 1.56. The lowest BCUT2D eigenvalue weighted by Gasteiger charge is -2.13. The van der Waals surface area contributed by atoms with Crippen LogP contribution < -0.4 is 9.47 Å². The van der Waals surface area contributed by atoms with Gasteiger partial charge >= 0.3 is 6.36 Å². The summed E-state index contributed by atoms with van der Waals surface area (Å²) in [5, 5.41) is 0. The van der Waals surface area contributed by atoms with E-state index in [9.17, 15) is 13.2 Å². The van der Waals surface area contributed by atoms with Gasteiger partial charge in [0.2, 0.25) is 5.88 Å². The Balaban J connectivity index is 2.23. The normalized spacial score (nSPS) is 11.2. The van der Waals surface area contributed by atoms with Crippen LogP contribution in [0.2, 0.25) is 0 Å². The van der Waals surface area contributed by atoms with Crippen molar-refractivity contribution in [2.24, 2.45) is 0 Å². The van der Waals surface area contributed by atoms with Crippen LogP contribution in [-0.2, 0) is 0 Å². The molecule has 0 aliphatic rings. The summed E-state index contributed by atoms with van der Waals surface area (Å²) in [5.74, 6) is 0.252. The van der Waals surface area contributed by atoms with E-state index in [1.54, 1.807) is 24.4 Å². The lowest BCUT2D eigenvalue weighted by atomic mass is 10.2. The standard InChI is InChI=1S/C14H12F3NO2/c1-9-5-6-18-13(7-9)19-11-4-3-10(2)12(8-11)20-14(15,16)17/h3-8H,1-2H3. The monoisotopic (exact) mass is 283 g/mol. The summed E-state index contributed by atoms with van der Waals surface area (Å²) in [5.41, 5.74) is 1.31. The van der Waals surface area contributed by atoms with E-state index >= 15 is 0 Å². The van der Waals surface area contributed by atoms with Crippen LogP contribution in [0.25, 0.3) is 0 Å². The third-order valence-corrected chi connectivity index (χ3v) is 2.50. The minimum atomic E-state index is -4.73. The maximum Gasteiger partial charge on any atom is 0.573 e. The van der Waals surface area contributed by atoms with Gasteiger partial charge in [-0.05, 0) is 37.1 Å². The van der Waals surface area contributed by atoms with Crippen molar-refractivity contribution in [3.63, 3.8) is 0 Å². The van der Waals surface area contributed by atoms with Crippen LogP contribution in [0.4, 0.5) is 13.2 Å². The van der Waals surface area contributed by atoms with Crippen LogP contribution in [0.1, 0.15) is 11.1 Å². The maximum absolute atomic E-state index is 12.3. The van der Waals surface area contributed by atoms with E-state index in [1.165, 1.54) is 19.1 Å². The zero-order valence-corrected chi connectivity index (χ0v) is 10.9. The highest BCUT2D eigenvalue weighted by Gasteiger charge is 2.31. The summed E-state index contributed by atoms with van der Waals surface area (Å²) in [7, 11) is 0. The lowest BCUT2D eigenvalue weighted by molar-refractivity contribution is -0.274. The number of aromatic nitrogens is 1. The van der Waals surface area contributed by atoms with Gasteiger partial charge in [-0.15, -0.1) is 13.2 Å². The molecule has 0 saturated carbocycles. The summed E-state index contributed by atoms with van der Waals surface area (Å²) in [6, 6.07) is 7.71. The van der Waals surface area contributed by atoms with Gasteiger partial charge in [0.15, 0.2) is 0 Å². The molecule has 0 unspecified atom stereocenters. The first-order valence-electron chi connectivity index (χ1n) is 5.80. The number of aryl methyl sites for hydroxylation is 2. The molecule has 0 aliphatic heterocycles. The zero-order valence-electron chi connectivity index (χ0n) is 10.9. The third kappa shape index (κ3) is 3.88. The van der Waals surface area contributed by atoms with E-state index in [0.29, 0.717) is 11.4 Å². The Morgan fingerprint density at radius 3 is 2.45 bits per heavy atom. The number of benzene rings is 1. The molecule has 0 saturated heterocycles. The van der Waals surface area contributed by atoms with Gasteiger partial charge in [-0.2, -0.15) is 0 Å². The smallest absolute Gasteiger partial charge is 0.439 e. The molecule has 1 heterocycles. The topological polar surface area (TPSA) is 31.4 Å². The minimum absolute atomic E-state index is 0.230. The highest BCUT2D eigenvalue weighted by Crippen LogP contribution is 2.31. The molecule has 1 aromatic heterocycles. The molecule has 0 radical (unpaired) electrons. The molecule has 6 heteroatoms. The third-order valence-electron chi connectivity index (χ3n) is 2.50. The number of halogens is 3. The van der Waals surface area contributed by atoms with Crippen LogP contribution in [0.5, 0.6) is 17.4 Å². The van der Waals surface area contributed by atoms with Crippen LogP contribution >= 0.6 is 0 Å². The zero-order chi connectivity index (χ0) is 14.8. The molecular formula is C14H12F3NO2. The van der Waals surface area contributed by atoms with Crippen LogP contribution in [0.15, 0.2) is 36.5 Å². The minimum Gasteiger partial charge on any atom is -0.439 e. The summed E-state index contributed by atoms with van der Waals surface area (Å²) in [4.78, 5) is 3.98. The molecule has 0 fully saturated rings. The first-order chi connectivity index (χ1) is 9.33. The SMILES string of the molecule is Cc1ccnc(Oc2ccc(C)c(OC(F)(F)F)c2)c1. The molecule has 20 heavy (non-hydrogen) atoms. The fourth-order valence-electron chi connectivity index (χ4n) is 1.56. The molecule has 3 nitrogen and oxygen atoms in total. The predicted molar refractivity (Wildman–Crippen MR) is 66.9 cm³/mol. The Bertz CT molecular complexity index is 612. The molecule has 0 N–H and O–H groups in total. The second-order valence-electron chi connectivity index (χ2n) is 4.25. The predicted octanol–water partition coefficient (Wildman–Crippen LogP) is 4.39. The molecule has 2 aromatic rings. The number of hydrogen-bond donors (Lipinski definition) is 0. The van der Waals surface area contributed by atoms with Gasteiger partial charge in [-0.25, -0.2) is 4.98 Å². The molecule has 0 amide bonds. The molecule has 0 bridgehead atoms. The summed E-state index contributed by atoms with van der Waals surface area (Å²) < 4.78 is 46.1. The van der Waals surface area contributed by atoms with Gasteiger partial charge in [0.25, 0.3) is 0 Å². The number of nitrogens with zero attached hydrogens (tertiary/aromatic N) is 1. The Hall–Kier alpha value is -2.24. The Morgan fingerprint density at radius 2 is 1.80 bits per heavy atom. The molecule has 0 atom stereocenters. The van der Waals surface area contributed by atoms with Crippen molar-refractivity contribution in [3.8, 4) is 17.4 Å². The molecule has 1 aromatic carbocycles. The van der Waals surface area contributed by atoms with Gasteiger partial charge in [0, 0.05) is 18.3 Å². The van der Waals surface area contributed by atoms with Crippen molar-refractivity contribution in [2.45, 2.75) is 20.2 Å². The van der Waals surface area contributed by atoms with Gasteiger partial charge in [0.1, 0.15) is 11.5 Å². The number of alkyl halides is 3. The quantitative estimate of drug-likeness (QED) is 0.837. The van der Waals surface area contributed by atoms with E-state index in [4.69, 9.17) is 4.74 Å². The second-order valence-corrected chi connectivity index (χ2v) is 4.25. The van der Waals surface area contributed by atoms with E-state index < -0.39 is 6.36 Å². The van der Waals surface area contributed by atoms with E-state index in [-0.39, 0.29) is 11.5 Å². The van der Waals surface area contributed by atoms with E-state index in [1.807, 2.05) is 6.92 Å². The number of ether oxygens (including phenoxy) is 2. The van der Waals surface area contributed by atoms with Crippen molar-refractivity contribution in [2.75, 3.05) is 0 Å². The highest BCUT2D eigenvalue weighted by molar-refractivity contribution is 5.41. The maximum atomic E-state index is 12.3. The summed E-state index contributed by atoms with van der Waals surface area (Å²) in [6.07, 6.45) is -3.17. The molecule has 0 aliphatic carbocycles. The largest absolute Gasteiger partial charge is 0.573 e. The number of hydrogen-bond acceptors (Lipinski definition) is 3. The van der Waals surface area contributed by atoms with Crippen molar-refractivity contribution in [3.05, 3.63) is 47.7 Å². The van der Waals surface area contributed by atoms with Gasteiger partial charge in [-0.3, -0.25) is 0 Å². The van der Waals surface area contributed by atoms with Crippen molar-refractivity contribution in [1.29, 1.82) is 0 Å². The summed E-state index contributed by atoms with van der Waals surface area (Å²) in [6.45, 7) is 3.39. The van der Waals surface area contributed by atoms with Crippen LogP contribution in [-0.4, -0.2) is 11.3 Å². The average Bonchev–Trinajstić information content (AvgIpc) is 2.32. The van der Waals surface area contributed by atoms with Crippen molar-refractivity contribution in [1.82, 2.24) is 4.98 Å².